The number of aliphatic carboxylic acids is 1. The van der Waals surface area contributed by atoms with E-state index in [2.05, 4.69) is 13.8 Å². The highest BCUT2D eigenvalue weighted by molar-refractivity contribution is 5.80. The molecule has 0 aromatic heterocycles. The van der Waals surface area contributed by atoms with Crippen molar-refractivity contribution in [3.8, 4) is 11.5 Å². The number of aliphatic hydroxyl groups excluding tert-OH is 1. The number of hydrogen-bond acceptors (Lipinski definition) is 7. The molecule has 2 amide bonds. The molecule has 3 atom stereocenters. The van der Waals surface area contributed by atoms with E-state index < -0.39 is 23.8 Å². The number of nitrogens with zero attached hydrogens (tertiary/aromatic N) is 3. The number of amides is 2. The third-order valence-corrected chi connectivity index (χ3v) is 8.04. The number of ether oxygens (including phenoxy) is 2. The van der Waals surface area contributed by atoms with Crippen LogP contribution >= 0.6 is 0 Å². The molecule has 3 aliphatic rings. The van der Waals surface area contributed by atoms with E-state index >= 15 is 0 Å². The fraction of sp³-hybridized carbons (Fsp3) is 0.679. The first kappa shape index (κ1) is 28.2. The maximum absolute atomic E-state index is 13.5. The molecular formula is C28H41N3O7. The molecule has 0 bridgehead atoms. The summed E-state index contributed by atoms with van der Waals surface area (Å²) in [6.07, 6.45) is 5.04. The van der Waals surface area contributed by atoms with Gasteiger partial charge in [-0.2, -0.15) is 0 Å². The predicted octanol–water partition coefficient (Wildman–Crippen LogP) is 2.43. The molecule has 38 heavy (non-hydrogen) atoms. The van der Waals surface area contributed by atoms with Gasteiger partial charge in [-0.1, -0.05) is 26.7 Å². The molecule has 2 N–H and O–H groups in total. The molecule has 1 aromatic rings. The number of carboxylic acids is 1. The first-order valence-corrected chi connectivity index (χ1v) is 13.9. The zero-order valence-electron chi connectivity index (χ0n) is 22.6. The molecule has 2 saturated heterocycles. The van der Waals surface area contributed by atoms with Gasteiger partial charge in [0.05, 0.1) is 19.1 Å². The Kier molecular flexibility index (Phi) is 9.49. The van der Waals surface area contributed by atoms with E-state index in [1.165, 1.54) is 0 Å². The van der Waals surface area contributed by atoms with Crippen LogP contribution in [0.1, 0.15) is 69.4 Å². The molecule has 10 heteroatoms. The summed E-state index contributed by atoms with van der Waals surface area (Å²) in [5.74, 6) is -1.24. The van der Waals surface area contributed by atoms with Crippen molar-refractivity contribution in [3.05, 3.63) is 23.3 Å². The van der Waals surface area contributed by atoms with E-state index in [-0.39, 0.29) is 38.3 Å². The van der Waals surface area contributed by atoms with Crippen molar-refractivity contribution in [2.75, 3.05) is 46.1 Å². The zero-order valence-corrected chi connectivity index (χ0v) is 22.6. The molecule has 0 radical (unpaired) electrons. The number of unbranched alkanes of at least 4 members (excludes halogenated alkanes) is 2. The van der Waals surface area contributed by atoms with E-state index in [9.17, 15) is 24.6 Å². The lowest BCUT2D eigenvalue weighted by molar-refractivity contribution is -0.144. The minimum atomic E-state index is -0.960. The van der Waals surface area contributed by atoms with Crippen LogP contribution in [0.3, 0.4) is 0 Å². The molecule has 0 spiro atoms. The van der Waals surface area contributed by atoms with Crippen molar-refractivity contribution in [2.24, 2.45) is 5.92 Å². The number of aliphatic hydroxyl groups is 1. The third kappa shape index (κ3) is 6.07. The molecule has 0 aliphatic carbocycles. The van der Waals surface area contributed by atoms with Gasteiger partial charge < -0.3 is 29.5 Å². The topological polar surface area (TPSA) is 120 Å². The Labute approximate surface area is 224 Å². The lowest BCUT2D eigenvalue weighted by Crippen LogP contribution is -2.49. The number of carbonyl (C=O) groups is 3. The Morgan fingerprint density at radius 3 is 2.47 bits per heavy atom. The molecule has 4 rings (SSSR count). The monoisotopic (exact) mass is 531 g/mol. The smallest absolute Gasteiger partial charge is 0.308 e. The summed E-state index contributed by atoms with van der Waals surface area (Å²) in [4.78, 5) is 44.4. The summed E-state index contributed by atoms with van der Waals surface area (Å²) in [7, 11) is 0. The van der Waals surface area contributed by atoms with Crippen LogP contribution in [0, 0.1) is 5.92 Å². The summed E-state index contributed by atoms with van der Waals surface area (Å²) >= 11 is 0. The Morgan fingerprint density at radius 1 is 1.13 bits per heavy atom. The van der Waals surface area contributed by atoms with Crippen LogP contribution in [-0.4, -0.2) is 94.8 Å². The molecule has 0 unspecified atom stereocenters. The third-order valence-electron chi connectivity index (χ3n) is 8.04. The summed E-state index contributed by atoms with van der Waals surface area (Å²) in [6, 6.07) is 3.07. The van der Waals surface area contributed by atoms with Gasteiger partial charge in [0.2, 0.25) is 18.6 Å². The van der Waals surface area contributed by atoms with Gasteiger partial charge in [-0.15, -0.1) is 0 Å². The van der Waals surface area contributed by atoms with Gasteiger partial charge in [0.15, 0.2) is 11.5 Å². The minimum Gasteiger partial charge on any atom is -0.481 e. The van der Waals surface area contributed by atoms with Crippen molar-refractivity contribution in [2.45, 2.75) is 70.9 Å². The quantitative estimate of drug-likeness (QED) is 0.398. The van der Waals surface area contributed by atoms with Crippen molar-refractivity contribution in [3.63, 3.8) is 0 Å². The van der Waals surface area contributed by atoms with E-state index in [0.717, 1.165) is 37.7 Å². The molecule has 2 fully saturated rings. The second-order valence-electron chi connectivity index (χ2n) is 10.6. The van der Waals surface area contributed by atoms with Gasteiger partial charge in [0, 0.05) is 56.7 Å². The standard InChI is InChI=1S/C28H41N3O7/c1-3-5-9-29(10-6-4-2)25(34)16-31-14-21(19-12-20(17-32)27-23(13-19)37-18-38-27)26(28(35)36)22(31)15-30-11-7-8-24(30)33/h12-13,21-22,26,32H,3-11,14-18H2,1-2H3,(H,35,36)/t21-,22+,26-/m1/s1. The maximum atomic E-state index is 13.5. The number of likely N-dealkylation sites (tertiary alicyclic amines) is 2. The highest BCUT2D eigenvalue weighted by Gasteiger charge is 2.49. The molecule has 10 nitrogen and oxygen atoms in total. The number of carbonyl (C=O) groups excluding carboxylic acids is 2. The average Bonchev–Trinajstić information content (AvgIpc) is 3.63. The van der Waals surface area contributed by atoms with Crippen LogP contribution in [0.5, 0.6) is 11.5 Å². The lowest BCUT2D eigenvalue weighted by Gasteiger charge is -2.32. The van der Waals surface area contributed by atoms with Crippen LogP contribution in [-0.2, 0) is 21.0 Å². The van der Waals surface area contributed by atoms with Crippen molar-refractivity contribution >= 4 is 17.8 Å². The molecule has 210 valence electrons. The zero-order chi connectivity index (χ0) is 27.2. The second-order valence-corrected chi connectivity index (χ2v) is 10.6. The van der Waals surface area contributed by atoms with Crippen LogP contribution < -0.4 is 9.47 Å². The average molecular weight is 532 g/mol. The Morgan fingerprint density at radius 2 is 1.87 bits per heavy atom. The highest BCUT2D eigenvalue weighted by Crippen LogP contribution is 2.44. The number of rotatable bonds is 13. The van der Waals surface area contributed by atoms with Gasteiger partial charge in [-0.3, -0.25) is 19.3 Å². The Balaban J connectivity index is 1.64. The summed E-state index contributed by atoms with van der Waals surface area (Å²) < 4.78 is 11.1. The van der Waals surface area contributed by atoms with Gasteiger partial charge in [0.1, 0.15) is 0 Å². The van der Waals surface area contributed by atoms with Gasteiger partial charge in [-0.05, 0) is 37.0 Å². The number of carboxylic acid groups (broad SMARTS) is 1. The number of hydrogen-bond donors (Lipinski definition) is 2. The maximum Gasteiger partial charge on any atom is 0.308 e. The van der Waals surface area contributed by atoms with Gasteiger partial charge in [-0.25, -0.2) is 0 Å². The first-order valence-electron chi connectivity index (χ1n) is 13.9. The molecule has 0 saturated carbocycles. The second kappa shape index (κ2) is 12.8. The van der Waals surface area contributed by atoms with Crippen LogP contribution in [0.2, 0.25) is 0 Å². The van der Waals surface area contributed by atoms with E-state index in [1.807, 2.05) is 9.80 Å². The molecule has 3 aliphatic heterocycles. The van der Waals surface area contributed by atoms with Crippen molar-refractivity contribution in [1.82, 2.24) is 14.7 Å². The minimum absolute atomic E-state index is 0.00355. The largest absolute Gasteiger partial charge is 0.481 e. The number of fused-ring (bicyclic) bond motifs is 1. The Hall–Kier alpha value is -2.85. The van der Waals surface area contributed by atoms with E-state index in [4.69, 9.17) is 9.47 Å². The fourth-order valence-corrected chi connectivity index (χ4v) is 5.95. The van der Waals surface area contributed by atoms with Crippen LogP contribution in [0.25, 0.3) is 0 Å². The molecule has 1 aromatic carbocycles. The van der Waals surface area contributed by atoms with Crippen LogP contribution in [0.15, 0.2) is 12.1 Å². The van der Waals surface area contributed by atoms with Crippen molar-refractivity contribution in [1.29, 1.82) is 0 Å². The van der Waals surface area contributed by atoms with Gasteiger partial charge >= 0.3 is 5.97 Å². The molecule has 3 heterocycles. The van der Waals surface area contributed by atoms with Gasteiger partial charge in [0.25, 0.3) is 0 Å². The Bertz CT molecular complexity index is 1010. The number of benzene rings is 1. The normalized spacial score (nSPS) is 22.9. The lowest BCUT2D eigenvalue weighted by atomic mass is 9.84. The summed E-state index contributed by atoms with van der Waals surface area (Å²) in [6.45, 7) is 6.70. The van der Waals surface area contributed by atoms with E-state index in [1.54, 1.807) is 17.0 Å². The van der Waals surface area contributed by atoms with E-state index in [0.29, 0.717) is 49.7 Å². The fourth-order valence-electron chi connectivity index (χ4n) is 5.95. The summed E-state index contributed by atoms with van der Waals surface area (Å²) in [5, 5.41) is 20.4. The van der Waals surface area contributed by atoms with Crippen LogP contribution in [0.4, 0.5) is 0 Å². The SMILES string of the molecule is CCCCN(CCCC)C(=O)CN1C[C@H](c2cc(CO)c3c(c2)OCO3)[C@@H](C(=O)O)[C@@H]1CN1CCCC1=O. The predicted molar refractivity (Wildman–Crippen MR) is 140 cm³/mol. The highest BCUT2D eigenvalue weighted by atomic mass is 16.7. The molecular weight excluding hydrogens is 490 g/mol. The van der Waals surface area contributed by atoms with Crippen molar-refractivity contribution < 1.29 is 34.1 Å². The first-order chi connectivity index (χ1) is 18.4. The summed E-state index contributed by atoms with van der Waals surface area (Å²) in [5.41, 5.74) is 1.28.